The first-order valence-electron chi connectivity index (χ1n) is 9.88. The van der Waals surface area contributed by atoms with Crippen LogP contribution in [0.2, 0.25) is 0 Å². The highest BCUT2D eigenvalue weighted by atomic mass is 127. The number of piperidine rings is 1. The Labute approximate surface area is 185 Å². The van der Waals surface area contributed by atoms with E-state index < -0.39 is 5.54 Å². The number of guanidine groups is 1. The Balaban J connectivity index is 0.00000392. The smallest absolute Gasteiger partial charge is 0.325 e. The number of nitrogens with zero attached hydrogens (tertiary/aromatic N) is 3. The number of rotatable bonds is 8. The lowest BCUT2D eigenvalue weighted by atomic mass is 9.99. The number of hydrogen-bond donors (Lipinski definition) is 3. The van der Waals surface area contributed by atoms with Crippen molar-refractivity contribution in [1.82, 2.24) is 25.8 Å². The summed E-state index contributed by atoms with van der Waals surface area (Å²) in [6.07, 6.45) is 5.37. The molecule has 2 saturated heterocycles. The molecule has 2 rings (SSSR count). The predicted octanol–water partition coefficient (Wildman–Crippen LogP) is 1.53. The van der Waals surface area contributed by atoms with Gasteiger partial charge in [0.2, 0.25) is 0 Å². The Morgan fingerprint density at radius 1 is 1.39 bits per heavy atom. The zero-order valence-electron chi connectivity index (χ0n) is 17.3. The minimum absolute atomic E-state index is 0. The van der Waals surface area contributed by atoms with Crippen molar-refractivity contribution < 1.29 is 9.59 Å². The number of hydrogen-bond acceptors (Lipinski definition) is 4. The van der Waals surface area contributed by atoms with Crippen molar-refractivity contribution in [3.8, 4) is 0 Å². The first-order chi connectivity index (χ1) is 12.9. The van der Waals surface area contributed by atoms with Crippen LogP contribution >= 0.6 is 24.0 Å². The molecule has 1 atom stereocenters. The maximum absolute atomic E-state index is 12.4. The molecule has 0 radical (unpaired) electrons. The zero-order valence-corrected chi connectivity index (χ0v) is 19.6. The molecular weight excluding hydrogens is 471 g/mol. The number of urea groups is 1. The summed E-state index contributed by atoms with van der Waals surface area (Å²) in [4.78, 5) is 32.4. The van der Waals surface area contributed by atoms with Gasteiger partial charge in [0.1, 0.15) is 5.54 Å². The van der Waals surface area contributed by atoms with Gasteiger partial charge in [-0.15, -0.1) is 30.6 Å². The van der Waals surface area contributed by atoms with E-state index in [1.54, 1.807) is 14.0 Å². The van der Waals surface area contributed by atoms with Crippen LogP contribution in [0.25, 0.3) is 0 Å². The number of likely N-dealkylation sites (tertiary alicyclic amines) is 1. The first kappa shape index (κ1) is 24.7. The summed E-state index contributed by atoms with van der Waals surface area (Å²) in [5.74, 6) is 0.636. The molecule has 2 aliphatic rings. The van der Waals surface area contributed by atoms with Gasteiger partial charge in [0.15, 0.2) is 5.96 Å². The summed E-state index contributed by atoms with van der Waals surface area (Å²) in [6.45, 7) is 11.6. The van der Waals surface area contributed by atoms with Crippen LogP contribution < -0.4 is 16.0 Å². The van der Waals surface area contributed by atoms with E-state index in [0.29, 0.717) is 32.0 Å². The molecule has 8 nitrogen and oxygen atoms in total. The van der Waals surface area contributed by atoms with E-state index in [4.69, 9.17) is 0 Å². The van der Waals surface area contributed by atoms with Gasteiger partial charge in [0, 0.05) is 45.8 Å². The summed E-state index contributed by atoms with van der Waals surface area (Å²) in [6, 6.07) is 0.117. The highest BCUT2D eigenvalue weighted by Gasteiger charge is 2.45. The Bertz CT molecular complexity index is 577. The average molecular weight is 506 g/mol. The molecule has 2 fully saturated rings. The van der Waals surface area contributed by atoms with E-state index in [1.165, 1.54) is 4.90 Å². The van der Waals surface area contributed by atoms with E-state index in [1.807, 2.05) is 13.0 Å². The number of nitrogens with one attached hydrogen (secondary N) is 3. The Kier molecular flexibility index (Phi) is 10.2. The summed E-state index contributed by atoms with van der Waals surface area (Å²) in [5.41, 5.74) is -0.761. The molecule has 0 bridgehead atoms. The number of imide groups is 1. The normalized spacial score (nSPS) is 24.0. The lowest BCUT2D eigenvalue weighted by Crippen LogP contribution is -2.49. The molecule has 0 spiro atoms. The van der Waals surface area contributed by atoms with Gasteiger partial charge >= 0.3 is 6.03 Å². The Hall–Kier alpha value is -1.36. The second-order valence-corrected chi connectivity index (χ2v) is 7.43. The van der Waals surface area contributed by atoms with Crippen LogP contribution in [-0.2, 0) is 4.79 Å². The number of amides is 3. The highest BCUT2D eigenvalue weighted by molar-refractivity contribution is 14.0. The summed E-state index contributed by atoms with van der Waals surface area (Å²) in [7, 11) is 1.76. The van der Waals surface area contributed by atoms with Crippen LogP contribution in [0.4, 0.5) is 4.79 Å². The second-order valence-electron chi connectivity index (χ2n) is 7.43. The van der Waals surface area contributed by atoms with Gasteiger partial charge in [0.05, 0.1) is 0 Å². The van der Waals surface area contributed by atoms with E-state index in [2.05, 4.69) is 32.4 Å². The minimum atomic E-state index is -0.761. The maximum Gasteiger partial charge on any atom is 0.325 e. The second kappa shape index (κ2) is 11.6. The predicted molar refractivity (Wildman–Crippen MR) is 123 cm³/mol. The summed E-state index contributed by atoms with van der Waals surface area (Å²) >= 11 is 0. The zero-order chi connectivity index (χ0) is 19.9. The topological polar surface area (TPSA) is 89.1 Å². The Morgan fingerprint density at radius 2 is 2.07 bits per heavy atom. The minimum Gasteiger partial charge on any atom is -0.356 e. The molecule has 160 valence electrons. The summed E-state index contributed by atoms with van der Waals surface area (Å²) < 4.78 is 0. The number of aliphatic imine (C=N–C) groups is 1. The monoisotopic (exact) mass is 506 g/mol. The average Bonchev–Trinajstić information content (AvgIpc) is 2.89. The standard InChI is InChI=1S/C19H34N6O2.HI/c1-5-11-24-13-8-15(9-14-24)22-17(20-4)21-10-7-12-25-16(26)19(3,6-2)23-18(25)27;/h5,15H,1,6-14H2,2-4H3,(H,23,27)(H2,20,21,22);1H. The number of halogens is 1. The Morgan fingerprint density at radius 3 is 2.61 bits per heavy atom. The third-order valence-corrected chi connectivity index (χ3v) is 5.44. The number of carbonyl (C=O) groups is 2. The van der Waals surface area contributed by atoms with Crippen molar-refractivity contribution in [3.63, 3.8) is 0 Å². The van der Waals surface area contributed by atoms with Gasteiger partial charge in [0.25, 0.3) is 5.91 Å². The quantitative estimate of drug-likeness (QED) is 0.116. The number of carbonyl (C=O) groups excluding carboxylic acids is 2. The molecule has 0 saturated carbocycles. The molecule has 3 amide bonds. The molecule has 0 aromatic rings. The van der Waals surface area contributed by atoms with E-state index in [9.17, 15) is 9.59 Å². The maximum atomic E-state index is 12.4. The SMILES string of the molecule is C=CCN1CCC(NC(=NC)NCCCN2C(=O)NC(C)(CC)C2=O)CC1.I. The molecule has 2 heterocycles. The van der Waals surface area contributed by atoms with Crippen molar-refractivity contribution in [2.24, 2.45) is 4.99 Å². The lowest BCUT2D eigenvalue weighted by molar-refractivity contribution is -0.130. The fourth-order valence-corrected chi connectivity index (χ4v) is 3.46. The third kappa shape index (κ3) is 6.33. The molecule has 3 N–H and O–H groups in total. The van der Waals surface area contributed by atoms with Gasteiger partial charge in [-0.3, -0.25) is 19.6 Å². The fraction of sp³-hybridized carbons (Fsp3) is 0.737. The molecule has 9 heteroatoms. The highest BCUT2D eigenvalue weighted by Crippen LogP contribution is 2.20. The molecule has 0 aromatic heterocycles. The largest absolute Gasteiger partial charge is 0.356 e. The van der Waals surface area contributed by atoms with Crippen LogP contribution in [0.15, 0.2) is 17.6 Å². The molecular formula is C19H35IN6O2. The van der Waals surface area contributed by atoms with Gasteiger partial charge in [-0.2, -0.15) is 0 Å². The van der Waals surface area contributed by atoms with Crippen LogP contribution in [0, 0.1) is 0 Å². The van der Waals surface area contributed by atoms with Crippen LogP contribution in [0.3, 0.4) is 0 Å². The van der Waals surface area contributed by atoms with Crippen molar-refractivity contribution in [1.29, 1.82) is 0 Å². The first-order valence-corrected chi connectivity index (χ1v) is 9.88. The van der Waals surface area contributed by atoms with Gasteiger partial charge in [-0.1, -0.05) is 13.0 Å². The van der Waals surface area contributed by atoms with Crippen molar-refractivity contribution in [2.45, 2.75) is 51.1 Å². The van der Waals surface area contributed by atoms with Crippen LogP contribution in [0.5, 0.6) is 0 Å². The van der Waals surface area contributed by atoms with Crippen molar-refractivity contribution in [2.75, 3.05) is 39.8 Å². The van der Waals surface area contributed by atoms with Gasteiger partial charge in [-0.05, 0) is 32.6 Å². The molecule has 1 unspecified atom stereocenters. The van der Waals surface area contributed by atoms with Crippen molar-refractivity contribution in [3.05, 3.63) is 12.7 Å². The molecule has 0 aliphatic carbocycles. The lowest BCUT2D eigenvalue weighted by Gasteiger charge is -2.32. The van der Waals surface area contributed by atoms with Crippen LogP contribution in [0.1, 0.15) is 39.5 Å². The summed E-state index contributed by atoms with van der Waals surface area (Å²) in [5, 5.41) is 9.52. The molecule has 28 heavy (non-hydrogen) atoms. The van der Waals surface area contributed by atoms with E-state index in [0.717, 1.165) is 38.4 Å². The molecule has 0 aromatic carbocycles. The van der Waals surface area contributed by atoms with Gasteiger partial charge < -0.3 is 16.0 Å². The third-order valence-electron chi connectivity index (χ3n) is 5.44. The van der Waals surface area contributed by atoms with Gasteiger partial charge in [-0.25, -0.2) is 4.79 Å². The van der Waals surface area contributed by atoms with Crippen molar-refractivity contribution >= 4 is 41.9 Å². The van der Waals surface area contributed by atoms with E-state index in [-0.39, 0.29) is 35.9 Å². The molecule has 2 aliphatic heterocycles. The fourth-order valence-electron chi connectivity index (χ4n) is 3.46. The van der Waals surface area contributed by atoms with E-state index >= 15 is 0 Å². The van der Waals surface area contributed by atoms with Crippen LogP contribution in [-0.4, -0.2) is 79.0 Å².